The van der Waals surface area contributed by atoms with Crippen LogP contribution < -0.4 is 10.6 Å². The van der Waals surface area contributed by atoms with Gasteiger partial charge in [0.2, 0.25) is 0 Å². The van der Waals surface area contributed by atoms with E-state index in [-0.39, 0.29) is 17.4 Å². The average Bonchev–Trinajstić information content (AvgIpc) is 2.63. The molecule has 104 valence electrons. The van der Waals surface area contributed by atoms with Gasteiger partial charge in [-0.1, -0.05) is 0 Å². The number of aromatic nitrogens is 1. The maximum atomic E-state index is 12.2. The molecule has 1 aliphatic heterocycles. The average molecular weight is 283 g/mol. The van der Waals surface area contributed by atoms with Gasteiger partial charge in [0.1, 0.15) is 0 Å². The molecule has 2 rings (SSSR count). The molecular weight excluding hydrogens is 266 g/mol. The number of carbonyl (C=O) groups is 1. The van der Waals surface area contributed by atoms with E-state index in [1.807, 2.05) is 0 Å². The van der Waals surface area contributed by atoms with Crippen molar-refractivity contribution in [1.82, 2.24) is 10.3 Å². The largest absolute Gasteiger partial charge is 0.387 e. The number of hydrogen-bond donors (Lipinski definition) is 2. The minimum absolute atomic E-state index is 0.0130. The fourth-order valence-corrected chi connectivity index (χ4v) is 4.34. The van der Waals surface area contributed by atoms with Crippen molar-refractivity contribution in [2.24, 2.45) is 0 Å². The van der Waals surface area contributed by atoms with Gasteiger partial charge in [0, 0.05) is 25.1 Å². The number of rotatable bonds is 3. The molecule has 0 radical (unpaired) electrons. The van der Waals surface area contributed by atoms with Crippen molar-refractivity contribution in [3.8, 4) is 0 Å². The maximum Gasteiger partial charge on any atom is 0.255 e. The Bertz CT molecular complexity index is 600. The molecule has 1 atom stereocenters. The summed E-state index contributed by atoms with van der Waals surface area (Å²) in [4.78, 5) is 16.1. The van der Waals surface area contributed by atoms with E-state index in [1.165, 1.54) is 6.20 Å². The van der Waals surface area contributed by atoms with Crippen molar-refractivity contribution < 1.29 is 13.2 Å². The Morgan fingerprint density at radius 2 is 2.21 bits per heavy atom. The van der Waals surface area contributed by atoms with E-state index in [0.29, 0.717) is 17.7 Å². The Hall–Kier alpha value is -1.63. The van der Waals surface area contributed by atoms with Crippen LogP contribution in [0.15, 0.2) is 18.5 Å². The minimum Gasteiger partial charge on any atom is -0.387 e. The molecule has 19 heavy (non-hydrogen) atoms. The summed E-state index contributed by atoms with van der Waals surface area (Å²) in [5.41, 5.74) is 0.379. The Morgan fingerprint density at radius 1 is 1.47 bits per heavy atom. The zero-order valence-electron chi connectivity index (χ0n) is 10.9. The molecule has 1 aromatic heterocycles. The van der Waals surface area contributed by atoms with Gasteiger partial charge in [-0.2, -0.15) is 0 Å². The molecule has 1 saturated heterocycles. The normalized spacial score (nSPS) is 24.9. The number of nitrogens with one attached hydrogen (secondary N) is 2. The number of amides is 1. The van der Waals surface area contributed by atoms with Crippen LogP contribution in [-0.4, -0.2) is 43.4 Å². The zero-order chi connectivity index (χ0) is 14.1. The van der Waals surface area contributed by atoms with Gasteiger partial charge in [0.25, 0.3) is 5.91 Å². The van der Waals surface area contributed by atoms with Crippen LogP contribution in [-0.2, 0) is 9.84 Å². The predicted octanol–water partition coefficient (Wildman–Crippen LogP) is 0.430. The molecule has 7 heteroatoms. The molecule has 1 fully saturated rings. The van der Waals surface area contributed by atoms with Crippen LogP contribution in [0.3, 0.4) is 0 Å². The Balaban J connectivity index is 2.18. The molecule has 0 saturated carbocycles. The van der Waals surface area contributed by atoms with Gasteiger partial charge in [-0.05, 0) is 19.4 Å². The van der Waals surface area contributed by atoms with E-state index in [9.17, 15) is 13.2 Å². The van der Waals surface area contributed by atoms with Gasteiger partial charge in [0.05, 0.1) is 22.6 Å². The fourth-order valence-electron chi connectivity index (χ4n) is 2.24. The molecule has 1 unspecified atom stereocenters. The lowest BCUT2D eigenvalue weighted by atomic mass is 10.0. The van der Waals surface area contributed by atoms with Crippen molar-refractivity contribution in [2.75, 3.05) is 23.9 Å². The van der Waals surface area contributed by atoms with Gasteiger partial charge in [0.15, 0.2) is 9.84 Å². The van der Waals surface area contributed by atoms with Crippen LogP contribution in [0.5, 0.6) is 0 Å². The van der Waals surface area contributed by atoms with Crippen LogP contribution in [0.25, 0.3) is 0 Å². The van der Waals surface area contributed by atoms with E-state index in [4.69, 9.17) is 0 Å². The first-order valence-corrected chi connectivity index (χ1v) is 7.82. The van der Waals surface area contributed by atoms with Crippen molar-refractivity contribution in [1.29, 1.82) is 0 Å². The highest BCUT2D eigenvalue weighted by molar-refractivity contribution is 7.91. The topological polar surface area (TPSA) is 88.2 Å². The van der Waals surface area contributed by atoms with E-state index in [2.05, 4.69) is 15.6 Å². The molecule has 0 aliphatic carbocycles. The summed E-state index contributed by atoms with van der Waals surface area (Å²) < 4.78 is 23.0. The minimum atomic E-state index is -3.04. The Kier molecular flexibility index (Phi) is 3.49. The monoisotopic (exact) mass is 283 g/mol. The van der Waals surface area contributed by atoms with Crippen LogP contribution in [0.1, 0.15) is 23.7 Å². The van der Waals surface area contributed by atoms with Crippen molar-refractivity contribution in [3.63, 3.8) is 0 Å². The summed E-state index contributed by atoms with van der Waals surface area (Å²) in [5, 5.41) is 5.71. The molecule has 2 N–H and O–H groups in total. The number of anilines is 1. The molecule has 0 bridgehead atoms. The molecule has 1 amide bonds. The van der Waals surface area contributed by atoms with Crippen LogP contribution in [0.4, 0.5) is 5.69 Å². The third-order valence-corrected chi connectivity index (χ3v) is 5.16. The summed E-state index contributed by atoms with van der Waals surface area (Å²) in [6.45, 7) is 1.75. The van der Waals surface area contributed by atoms with Crippen molar-refractivity contribution in [2.45, 2.75) is 18.9 Å². The fraction of sp³-hybridized carbons (Fsp3) is 0.500. The van der Waals surface area contributed by atoms with Gasteiger partial charge in [-0.25, -0.2) is 8.42 Å². The summed E-state index contributed by atoms with van der Waals surface area (Å²) in [6, 6.07) is 1.70. The zero-order valence-corrected chi connectivity index (χ0v) is 11.8. The lowest BCUT2D eigenvalue weighted by molar-refractivity contribution is 0.0916. The third kappa shape index (κ3) is 3.04. The van der Waals surface area contributed by atoms with Crippen LogP contribution in [0.2, 0.25) is 0 Å². The summed E-state index contributed by atoms with van der Waals surface area (Å²) >= 11 is 0. The Labute approximate surface area is 112 Å². The summed E-state index contributed by atoms with van der Waals surface area (Å²) in [6.07, 6.45) is 3.49. The van der Waals surface area contributed by atoms with Gasteiger partial charge in [-0.15, -0.1) is 0 Å². The molecule has 6 nitrogen and oxygen atoms in total. The SMILES string of the molecule is CNc1ccncc1C(=O)NC1(C)CCS(=O)(=O)C1. The molecular formula is C12H17N3O3S. The number of pyridine rings is 1. The van der Waals surface area contributed by atoms with E-state index in [1.54, 1.807) is 26.2 Å². The van der Waals surface area contributed by atoms with Gasteiger partial charge in [-0.3, -0.25) is 9.78 Å². The second-order valence-corrected chi connectivity index (χ2v) is 7.21. The first-order valence-electron chi connectivity index (χ1n) is 6.00. The molecule has 0 aromatic carbocycles. The quantitative estimate of drug-likeness (QED) is 0.840. The first-order chi connectivity index (χ1) is 8.85. The highest BCUT2D eigenvalue weighted by atomic mass is 32.2. The van der Waals surface area contributed by atoms with Crippen LogP contribution >= 0.6 is 0 Å². The third-order valence-electron chi connectivity index (χ3n) is 3.25. The van der Waals surface area contributed by atoms with Crippen molar-refractivity contribution >= 4 is 21.4 Å². The van der Waals surface area contributed by atoms with E-state index >= 15 is 0 Å². The summed E-state index contributed by atoms with van der Waals surface area (Å²) in [5.74, 6) is -0.201. The number of nitrogens with zero attached hydrogens (tertiary/aromatic N) is 1. The summed E-state index contributed by atoms with van der Waals surface area (Å²) in [7, 11) is -1.33. The highest BCUT2D eigenvalue weighted by Gasteiger charge is 2.39. The second-order valence-electron chi connectivity index (χ2n) is 5.03. The van der Waals surface area contributed by atoms with Crippen molar-refractivity contribution in [3.05, 3.63) is 24.0 Å². The Morgan fingerprint density at radius 3 is 2.79 bits per heavy atom. The van der Waals surface area contributed by atoms with Gasteiger partial charge >= 0.3 is 0 Å². The van der Waals surface area contributed by atoms with Gasteiger partial charge < -0.3 is 10.6 Å². The number of sulfone groups is 1. The molecule has 1 aliphatic rings. The maximum absolute atomic E-state index is 12.2. The molecule has 1 aromatic rings. The predicted molar refractivity (Wildman–Crippen MR) is 72.9 cm³/mol. The van der Waals surface area contributed by atoms with E-state index in [0.717, 1.165) is 0 Å². The second kappa shape index (κ2) is 4.80. The molecule has 2 heterocycles. The standard InChI is InChI=1S/C12H17N3O3S/c1-12(4-6-19(17,18)8-12)15-11(16)9-7-14-5-3-10(9)13-2/h3,5,7H,4,6,8H2,1-2H3,(H,13,14)(H,15,16). The highest BCUT2D eigenvalue weighted by Crippen LogP contribution is 2.24. The van der Waals surface area contributed by atoms with Crippen LogP contribution in [0, 0.1) is 0 Å². The molecule has 0 spiro atoms. The first kappa shape index (κ1) is 13.8. The smallest absolute Gasteiger partial charge is 0.255 e. The number of carbonyl (C=O) groups excluding carboxylic acids is 1. The van der Waals surface area contributed by atoms with E-state index < -0.39 is 15.4 Å². The lowest BCUT2D eigenvalue weighted by Gasteiger charge is -2.24. The number of hydrogen-bond acceptors (Lipinski definition) is 5. The lowest BCUT2D eigenvalue weighted by Crippen LogP contribution is -2.47.